The van der Waals surface area contributed by atoms with Gasteiger partial charge in [0.25, 0.3) is 0 Å². The number of allylic oxidation sites excluding steroid dienone is 2. The molecule has 0 atom stereocenters. The van der Waals surface area contributed by atoms with E-state index >= 15 is 4.39 Å². The molecule has 0 amide bonds. The molecule has 0 heterocycles. The van der Waals surface area contributed by atoms with Crippen molar-refractivity contribution in [1.82, 2.24) is 0 Å². The molecule has 0 nitrogen and oxygen atoms in total. The van der Waals surface area contributed by atoms with E-state index < -0.39 is 0 Å². The Hall–Kier alpha value is -3.63. The second kappa shape index (κ2) is 12.2. The minimum atomic E-state index is -0.234. The van der Waals surface area contributed by atoms with Crippen LogP contribution in [0.15, 0.2) is 91.0 Å². The second-order valence-corrected chi connectivity index (χ2v) is 9.10. The molecule has 0 aliphatic heterocycles. The van der Waals surface area contributed by atoms with Crippen molar-refractivity contribution in [3.63, 3.8) is 0 Å². The molecule has 0 aromatic heterocycles. The predicted octanol–water partition coefficient (Wildman–Crippen LogP) is 8.63. The molecule has 0 spiro atoms. The molecule has 4 rings (SSSR count). The van der Waals surface area contributed by atoms with E-state index in [1.165, 1.54) is 22.3 Å². The normalized spacial score (nSPS) is 11.1. The molecule has 0 radical (unpaired) electrons. The summed E-state index contributed by atoms with van der Waals surface area (Å²) in [5.41, 5.74) is 6.62. The molecule has 4 aromatic carbocycles. The maximum Gasteiger partial charge on any atom is 0.146 e. The Kier molecular flexibility index (Phi) is 8.53. The van der Waals surface area contributed by atoms with Crippen LogP contribution in [-0.4, -0.2) is 0 Å². The lowest BCUT2D eigenvalue weighted by molar-refractivity contribution is 0.636. The molecule has 35 heavy (non-hydrogen) atoms. The maximum absolute atomic E-state index is 15.0. The van der Waals surface area contributed by atoms with E-state index in [1.54, 1.807) is 6.07 Å². The van der Waals surface area contributed by atoms with Crippen LogP contribution in [0, 0.1) is 17.7 Å². The van der Waals surface area contributed by atoms with Crippen LogP contribution in [0.5, 0.6) is 0 Å². The van der Waals surface area contributed by atoms with Crippen LogP contribution in [0.3, 0.4) is 0 Å². The van der Waals surface area contributed by atoms with Crippen molar-refractivity contribution in [2.24, 2.45) is 0 Å². The standard InChI is InChI=1S/C34H33F/c1-3-5-6-8-26-9-11-27(12-10-26)13-14-28-15-17-29(18-16-28)19-21-31-22-23-32-25-30(7-4-2)20-24-33(32)34(31)35/h3,5,9-12,15-18,20,22-25H,4,6-8,13-14H2,1-2H3/b5-3+. The molecule has 0 aliphatic carbocycles. The Morgan fingerprint density at radius 2 is 1.31 bits per heavy atom. The first kappa shape index (κ1) is 24.5. The summed E-state index contributed by atoms with van der Waals surface area (Å²) in [7, 11) is 0. The summed E-state index contributed by atoms with van der Waals surface area (Å²) in [6, 6.07) is 27.0. The van der Waals surface area contributed by atoms with Gasteiger partial charge in [0.2, 0.25) is 0 Å². The van der Waals surface area contributed by atoms with E-state index in [1.807, 2.05) is 30.3 Å². The number of hydrogen-bond acceptors (Lipinski definition) is 0. The van der Waals surface area contributed by atoms with Crippen LogP contribution in [-0.2, 0) is 25.7 Å². The van der Waals surface area contributed by atoms with Crippen molar-refractivity contribution in [2.45, 2.75) is 52.4 Å². The summed E-state index contributed by atoms with van der Waals surface area (Å²) in [5, 5.41) is 1.57. The summed E-state index contributed by atoms with van der Waals surface area (Å²) in [6.45, 7) is 4.22. The predicted molar refractivity (Wildman–Crippen MR) is 147 cm³/mol. The fourth-order valence-corrected chi connectivity index (χ4v) is 4.35. The third-order valence-corrected chi connectivity index (χ3v) is 6.41. The molecule has 0 saturated carbocycles. The lowest BCUT2D eigenvalue weighted by Crippen LogP contribution is -1.92. The minimum Gasteiger partial charge on any atom is -0.205 e. The molecule has 176 valence electrons. The SMILES string of the molecule is C/C=C/CCc1ccc(CCc2ccc(C#Cc3ccc4cc(CCC)ccc4c3F)cc2)cc1. The molecule has 1 heteroatoms. The third kappa shape index (κ3) is 6.71. The summed E-state index contributed by atoms with van der Waals surface area (Å²) in [6.07, 6.45) is 10.6. The van der Waals surface area contributed by atoms with Crippen LogP contribution >= 0.6 is 0 Å². The Morgan fingerprint density at radius 3 is 1.97 bits per heavy atom. The van der Waals surface area contributed by atoms with E-state index in [0.717, 1.165) is 49.5 Å². The van der Waals surface area contributed by atoms with Crippen molar-refractivity contribution >= 4 is 10.8 Å². The van der Waals surface area contributed by atoms with Crippen molar-refractivity contribution in [1.29, 1.82) is 0 Å². The fourth-order valence-electron chi connectivity index (χ4n) is 4.35. The maximum atomic E-state index is 15.0. The van der Waals surface area contributed by atoms with Gasteiger partial charge in [-0.1, -0.05) is 98.0 Å². The Morgan fingerprint density at radius 1 is 0.686 bits per heavy atom. The molecular weight excluding hydrogens is 427 g/mol. The lowest BCUT2D eigenvalue weighted by Gasteiger charge is -2.05. The van der Waals surface area contributed by atoms with Crippen molar-refractivity contribution in [3.8, 4) is 11.8 Å². The first-order valence-corrected chi connectivity index (χ1v) is 12.7. The number of halogens is 1. The van der Waals surface area contributed by atoms with Crippen molar-refractivity contribution in [2.75, 3.05) is 0 Å². The summed E-state index contributed by atoms with van der Waals surface area (Å²) in [5.74, 6) is 5.93. The van der Waals surface area contributed by atoms with E-state index in [9.17, 15) is 0 Å². The van der Waals surface area contributed by atoms with Crippen LogP contribution in [0.25, 0.3) is 10.8 Å². The van der Waals surface area contributed by atoms with Crippen LogP contribution in [0.2, 0.25) is 0 Å². The van der Waals surface area contributed by atoms with Gasteiger partial charge in [-0.25, -0.2) is 4.39 Å². The van der Waals surface area contributed by atoms with Gasteiger partial charge in [0.05, 0.1) is 5.56 Å². The summed E-state index contributed by atoms with van der Waals surface area (Å²) in [4.78, 5) is 0. The average Bonchev–Trinajstić information content (AvgIpc) is 2.89. The van der Waals surface area contributed by atoms with Crippen LogP contribution in [0.1, 0.15) is 60.1 Å². The van der Waals surface area contributed by atoms with E-state index in [2.05, 4.69) is 80.3 Å². The molecule has 0 bridgehead atoms. The highest BCUT2D eigenvalue weighted by atomic mass is 19.1. The van der Waals surface area contributed by atoms with Crippen molar-refractivity contribution in [3.05, 3.63) is 130 Å². The highest BCUT2D eigenvalue weighted by Crippen LogP contribution is 2.23. The topological polar surface area (TPSA) is 0 Å². The van der Waals surface area contributed by atoms with Gasteiger partial charge in [-0.15, -0.1) is 0 Å². The molecule has 4 aromatic rings. The van der Waals surface area contributed by atoms with Gasteiger partial charge in [-0.2, -0.15) is 0 Å². The quantitative estimate of drug-likeness (QED) is 0.182. The van der Waals surface area contributed by atoms with Gasteiger partial charge < -0.3 is 0 Å². The summed E-state index contributed by atoms with van der Waals surface area (Å²) < 4.78 is 15.0. The number of fused-ring (bicyclic) bond motifs is 1. The average molecular weight is 461 g/mol. The molecule has 0 N–H and O–H groups in total. The fraction of sp³-hybridized carbons (Fsp3) is 0.235. The largest absolute Gasteiger partial charge is 0.205 e. The van der Waals surface area contributed by atoms with Gasteiger partial charge in [0.1, 0.15) is 5.82 Å². The molecular formula is C34H33F. The Bertz CT molecular complexity index is 1350. The molecule has 0 saturated heterocycles. The van der Waals surface area contributed by atoms with Gasteiger partial charge in [-0.3, -0.25) is 0 Å². The zero-order valence-corrected chi connectivity index (χ0v) is 20.8. The highest BCUT2D eigenvalue weighted by Gasteiger charge is 2.06. The molecule has 0 aliphatic rings. The van der Waals surface area contributed by atoms with Gasteiger partial charge in [-0.05, 0) is 84.9 Å². The molecule has 0 unspecified atom stereocenters. The zero-order valence-electron chi connectivity index (χ0n) is 20.8. The van der Waals surface area contributed by atoms with Crippen molar-refractivity contribution < 1.29 is 4.39 Å². The first-order chi connectivity index (χ1) is 17.2. The summed E-state index contributed by atoms with van der Waals surface area (Å²) >= 11 is 0. The van der Waals surface area contributed by atoms with E-state index in [-0.39, 0.29) is 5.82 Å². The number of aryl methyl sites for hydroxylation is 4. The number of rotatable bonds is 8. The van der Waals surface area contributed by atoms with E-state index in [4.69, 9.17) is 0 Å². The second-order valence-electron chi connectivity index (χ2n) is 9.10. The van der Waals surface area contributed by atoms with Gasteiger partial charge in [0, 0.05) is 10.9 Å². The molecule has 0 fully saturated rings. The smallest absolute Gasteiger partial charge is 0.146 e. The number of benzene rings is 4. The van der Waals surface area contributed by atoms with Gasteiger partial charge >= 0.3 is 0 Å². The van der Waals surface area contributed by atoms with Gasteiger partial charge in [0.15, 0.2) is 0 Å². The zero-order chi connectivity index (χ0) is 24.5. The minimum absolute atomic E-state index is 0.234. The number of hydrogen-bond donors (Lipinski definition) is 0. The Balaban J connectivity index is 1.37. The van der Waals surface area contributed by atoms with Crippen LogP contribution < -0.4 is 0 Å². The monoisotopic (exact) mass is 460 g/mol. The third-order valence-electron chi connectivity index (χ3n) is 6.41. The lowest BCUT2D eigenvalue weighted by atomic mass is 10.0. The Labute approximate surface area is 209 Å². The first-order valence-electron chi connectivity index (χ1n) is 12.7. The highest BCUT2D eigenvalue weighted by molar-refractivity contribution is 5.85. The van der Waals surface area contributed by atoms with E-state index in [0.29, 0.717) is 10.9 Å². The van der Waals surface area contributed by atoms with Crippen LogP contribution in [0.4, 0.5) is 4.39 Å².